The highest BCUT2D eigenvalue weighted by Crippen LogP contribution is 2.21. The predicted octanol–water partition coefficient (Wildman–Crippen LogP) is 3.71. The third kappa shape index (κ3) is 6.96. The molecule has 0 saturated carbocycles. The lowest BCUT2D eigenvalue weighted by molar-refractivity contribution is 0.208. The van der Waals surface area contributed by atoms with Gasteiger partial charge in [0.15, 0.2) is 0 Å². The summed E-state index contributed by atoms with van der Waals surface area (Å²) in [6, 6.07) is 8.82. The van der Waals surface area contributed by atoms with E-state index in [4.69, 9.17) is 4.74 Å². The third-order valence-electron chi connectivity index (χ3n) is 3.28. The van der Waals surface area contributed by atoms with Crippen LogP contribution in [0.15, 0.2) is 24.3 Å². The van der Waals surface area contributed by atoms with Crippen LogP contribution in [0.5, 0.6) is 5.75 Å². The molecule has 0 aliphatic carbocycles. The minimum atomic E-state index is 0.324. The highest BCUT2D eigenvalue weighted by molar-refractivity contribution is 5.29. The van der Waals surface area contributed by atoms with Gasteiger partial charge in [0.05, 0.1) is 6.61 Å². The Morgan fingerprint density at radius 1 is 1.14 bits per heavy atom. The minimum Gasteiger partial charge on any atom is -0.494 e. The van der Waals surface area contributed by atoms with Gasteiger partial charge in [-0.1, -0.05) is 39.8 Å². The van der Waals surface area contributed by atoms with E-state index in [0.29, 0.717) is 18.1 Å². The summed E-state index contributed by atoms with van der Waals surface area (Å²) in [5, 5.41) is 3.58. The van der Waals surface area contributed by atoms with Crippen molar-refractivity contribution in [2.45, 2.75) is 40.7 Å². The molecule has 0 saturated heterocycles. The average molecular weight is 292 g/mol. The first-order valence-corrected chi connectivity index (χ1v) is 8.00. The van der Waals surface area contributed by atoms with E-state index in [1.165, 1.54) is 5.56 Å². The van der Waals surface area contributed by atoms with E-state index in [-0.39, 0.29) is 0 Å². The molecule has 1 rings (SSSR count). The molecule has 120 valence electrons. The molecule has 1 unspecified atom stereocenters. The van der Waals surface area contributed by atoms with Gasteiger partial charge in [-0.05, 0) is 43.6 Å². The Bertz CT molecular complexity index is 395. The third-order valence-corrected chi connectivity index (χ3v) is 3.28. The number of ether oxygens (including phenoxy) is 1. The first-order chi connectivity index (χ1) is 9.85. The van der Waals surface area contributed by atoms with E-state index in [2.05, 4.69) is 69.2 Å². The second-order valence-electron chi connectivity index (χ2n) is 6.87. The number of nitrogens with one attached hydrogen (secondary N) is 1. The van der Waals surface area contributed by atoms with E-state index >= 15 is 0 Å². The zero-order valence-corrected chi connectivity index (χ0v) is 14.6. The zero-order chi connectivity index (χ0) is 15.9. The highest BCUT2D eigenvalue weighted by Gasteiger charge is 2.18. The van der Waals surface area contributed by atoms with Crippen molar-refractivity contribution in [3.63, 3.8) is 0 Å². The van der Waals surface area contributed by atoms with Gasteiger partial charge >= 0.3 is 0 Å². The summed E-state index contributed by atoms with van der Waals surface area (Å²) in [5.41, 5.74) is 1.64. The molecule has 0 aliphatic heterocycles. The Morgan fingerprint density at radius 2 is 1.76 bits per heavy atom. The molecular formula is C18H32N2O. The number of nitrogens with zero attached hydrogens (tertiary/aromatic N) is 1. The maximum Gasteiger partial charge on any atom is 0.119 e. The van der Waals surface area contributed by atoms with Crippen LogP contribution < -0.4 is 10.1 Å². The van der Waals surface area contributed by atoms with Gasteiger partial charge in [0, 0.05) is 19.1 Å². The zero-order valence-electron chi connectivity index (χ0n) is 14.6. The average Bonchev–Trinajstić information content (AvgIpc) is 2.37. The van der Waals surface area contributed by atoms with E-state index in [9.17, 15) is 0 Å². The normalized spacial score (nSPS) is 13.5. The van der Waals surface area contributed by atoms with Crippen molar-refractivity contribution in [3.05, 3.63) is 29.8 Å². The van der Waals surface area contributed by atoms with Crippen molar-refractivity contribution in [1.82, 2.24) is 10.2 Å². The van der Waals surface area contributed by atoms with Crippen molar-refractivity contribution in [1.29, 1.82) is 0 Å². The molecule has 0 radical (unpaired) electrons. The molecule has 0 bridgehead atoms. The Morgan fingerprint density at radius 3 is 2.24 bits per heavy atom. The molecule has 0 fully saturated rings. The summed E-state index contributed by atoms with van der Waals surface area (Å²) in [6.45, 7) is 14.8. The number of likely N-dealkylation sites (N-methyl/N-ethyl adjacent to an activating group) is 2. The van der Waals surface area contributed by atoms with E-state index in [0.717, 1.165) is 25.4 Å². The Hall–Kier alpha value is -1.06. The number of benzene rings is 1. The molecule has 0 aromatic heterocycles. The van der Waals surface area contributed by atoms with Crippen LogP contribution in [-0.2, 0) is 0 Å². The highest BCUT2D eigenvalue weighted by atomic mass is 16.5. The minimum absolute atomic E-state index is 0.324. The van der Waals surface area contributed by atoms with Gasteiger partial charge in [-0.2, -0.15) is 0 Å². The van der Waals surface area contributed by atoms with Crippen LogP contribution in [0.25, 0.3) is 0 Å². The maximum atomic E-state index is 5.52. The molecule has 0 heterocycles. The molecule has 21 heavy (non-hydrogen) atoms. The van der Waals surface area contributed by atoms with Gasteiger partial charge in [0.25, 0.3) is 0 Å². The number of hydrogen-bond acceptors (Lipinski definition) is 3. The van der Waals surface area contributed by atoms with Crippen LogP contribution >= 0.6 is 0 Å². The molecule has 1 aromatic carbocycles. The lowest BCUT2D eigenvalue weighted by Gasteiger charge is -2.30. The second kappa shape index (κ2) is 8.40. The van der Waals surface area contributed by atoms with Crippen molar-refractivity contribution in [3.8, 4) is 5.75 Å². The molecule has 1 atom stereocenters. The number of rotatable bonds is 8. The summed E-state index contributed by atoms with van der Waals surface area (Å²) in [4.78, 5) is 2.41. The fourth-order valence-electron chi connectivity index (χ4n) is 2.68. The molecule has 3 heteroatoms. The van der Waals surface area contributed by atoms with E-state index < -0.39 is 0 Å². The summed E-state index contributed by atoms with van der Waals surface area (Å²) < 4.78 is 5.52. The van der Waals surface area contributed by atoms with Gasteiger partial charge in [-0.3, -0.25) is 0 Å². The van der Waals surface area contributed by atoms with E-state index in [1.54, 1.807) is 0 Å². The Kier molecular flexibility index (Phi) is 7.20. The van der Waals surface area contributed by atoms with Crippen molar-refractivity contribution >= 4 is 0 Å². The fourth-order valence-corrected chi connectivity index (χ4v) is 2.68. The molecule has 0 spiro atoms. The molecular weight excluding hydrogens is 260 g/mol. The van der Waals surface area contributed by atoms with Crippen molar-refractivity contribution < 1.29 is 4.74 Å². The molecule has 1 N–H and O–H groups in total. The fraction of sp³-hybridized carbons (Fsp3) is 0.667. The van der Waals surface area contributed by atoms with Gasteiger partial charge in [-0.25, -0.2) is 0 Å². The van der Waals surface area contributed by atoms with Gasteiger partial charge in [0.1, 0.15) is 5.75 Å². The Labute approximate surface area is 130 Å². The first-order valence-electron chi connectivity index (χ1n) is 8.00. The van der Waals surface area contributed by atoms with Crippen LogP contribution in [0.3, 0.4) is 0 Å². The van der Waals surface area contributed by atoms with Gasteiger partial charge in [-0.15, -0.1) is 0 Å². The monoisotopic (exact) mass is 292 g/mol. The SMILES string of the molecule is CCNC(CN(C)CC(C)(C)C)c1ccc(OCC)cc1. The smallest absolute Gasteiger partial charge is 0.119 e. The number of hydrogen-bond donors (Lipinski definition) is 1. The summed E-state index contributed by atoms with van der Waals surface area (Å²) in [6.07, 6.45) is 0. The first kappa shape index (κ1) is 18.0. The largest absolute Gasteiger partial charge is 0.494 e. The molecule has 3 nitrogen and oxygen atoms in total. The van der Waals surface area contributed by atoms with Crippen LogP contribution in [0, 0.1) is 5.41 Å². The predicted molar refractivity (Wildman–Crippen MR) is 91.0 cm³/mol. The molecule has 0 amide bonds. The maximum absolute atomic E-state index is 5.52. The standard InChI is InChI=1S/C18H32N2O/c1-7-19-17(13-20(6)14-18(3,4)5)15-9-11-16(12-10-15)21-8-2/h9-12,17,19H,7-8,13-14H2,1-6H3. The van der Waals surface area contributed by atoms with Gasteiger partial charge < -0.3 is 15.0 Å². The molecule has 1 aromatic rings. The summed E-state index contributed by atoms with van der Waals surface area (Å²) in [7, 11) is 2.20. The van der Waals surface area contributed by atoms with Crippen molar-refractivity contribution in [2.75, 3.05) is 33.3 Å². The summed E-state index contributed by atoms with van der Waals surface area (Å²) >= 11 is 0. The van der Waals surface area contributed by atoms with Crippen LogP contribution in [0.4, 0.5) is 0 Å². The van der Waals surface area contributed by atoms with Crippen LogP contribution in [0.2, 0.25) is 0 Å². The van der Waals surface area contributed by atoms with Crippen LogP contribution in [0.1, 0.15) is 46.2 Å². The van der Waals surface area contributed by atoms with Crippen LogP contribution in [-0.4, -0.2) is 38.2 Å². The van der Waals surface area contributed by atoms with Gasteiger partial charge in [0.2, 0.25) is 0 Å². The topological polar surface area (TPSA) is 24.5 Å². The quantitative estimate of drug-likeness (QED) is 0.790. The lowest BCUT2D eigenvalue weighted by Crippen LogP contribution is -2.37. The molecule has 0 aliphatic rings. The lowest BCUT2D eigenvalue weighted by atomic mass is 9.95. The van der Waals surface area contributed by atoms with Crippen molar-refractivity contribution in [2.24, 2.45) is 5.41 Å². The second-order valence-corrected chi connectivity index (χ2v) is 6.87. The summed E-state index contributed by atoms with van der Waals surface area (Å²) in [5.74, 6) is 0.944. The Balaban J connectivity index is 2.71. The van der Waals surface area contributed by atoms with E-state index in [1.807, 2.05) is 6.92 Å².